The zero-order valence-corrected chi connectivity index (χ0v) is 11.3. The summed E-state index contributed by atoms with van der Waals surface area (Å²) >= 11 is 0. The summed E-state index contributed by atoms with van der Waals surface area (Å²) in [6.45, 7) is 0.0451. The SMILES string of the molecule is O=C1CCC(NC(=O)c2ccc(C#CCO)cc2F)CN1. The number of piperidine rings is 1. The van der Waals surface area contributed by atoms with Crippen LogP contribution in [-0.4, -0.2) is 36.1 Å². The fraction of sp³-hybridized carbons (Fsp3) is 0.333. The second-order valence-electron chi connectivity index (χ2n) is 4.67. The van der Waals surface area contributed by atoms with Crippen molar-refractivity contribution in [2.45, 2.75) is 18.9 Å². The number of halogens is 1. The van der Waals surface area contributed by atoms with Crippen LogP contribution in [0.5, 0.6) is 0 Å². The molecule has 0 bridgehead atoms. The van der Waals surface area contributed by atoms with Gasteiger partial charge in [-0.05, 0) is 24.6 Å². The van der Waals surface area contributed by atoms with E-state index in [1.54, 1.807) is 0 Å². The molecule has 0 saturated carbocycles. The van der Waals surface area contributed by atoms with Crippen molar-refractivity contribution in [2.24, 2.45) is 0 Å². The molecular weight excluding hydrogens is 275 g/mol. The monoisotopic (exact) mass is 290 g/mol. The maximum absolute atomic E-state index is 13.9. The quantitative estimate of drug-likeness (QED) is 0.680. The third kappa shape index (κ3) is 4.04. The molecule has 1 aliphatic rings. The minimum absolute atomic E-state index is 0.0431. The largest absolute Gasteiger partial charge is 0.384 e. The van der Waals surface area contributed by atoms with Crippen LogP contribution in [0.3, 0.4) is 0 Å². The Balaban J connectivity index is 2.04. The molecule has 0 aliphatic carbocycles. The van der Waals surface area contributed by atoms with Crippen molar-refractivity contribution in [3.63, 3.8) is 0 Å². The van der Waals surface area contributed by atoms with Gasteiger partial charge in [0.15, 0.2) is 0 Å². The maximum atomic E-state index is 13.9. The average molecular weight is 290 g/mol. The predicted octanol–water partition coefficient (Wildman–Crippen LogP) is 0.178. The predicted molar refractivity (Wildman–Crippen MR) is 73.9 cm³/mol. The summed E-state index contributed by atoms with van der Waals surface area (Å²) in [7, 11) is 0. The number of aliphatic hydroxyl groups excluding tert-OH is 1. The van der Waals surface area contributed by atoms with Crippen LogP contribution in [0.4, 0.5) is 4.39 Å². The molecule has 110 valence electrons. The molecule has 1 aromatic carbocycles. The van der Waals surface area contributed by atoms with Gasteiger partial charge in [0.25, 0.3) is 5.91 Å². The number of benzene rings is 1. The second-order valence-corrected chi connectivity index (χ2v) is 4.67. The van der Waals surface area contributed by atoms with Crippen molar-refractivity contribution < 1.29 is 19.1 Å². The number of carbonyl (C=O) groups is 2. The molecule has 2 rings (SSSR count). The lowest BCUT2D eigenvalue weighted by Gasteiger charge is -2.23. The van der Waals surface area contributed by atoms with E-state index in [2.05, 4.69) is 22.5 Å². The Kier molecular flexibility index (Phi) is 4.90. The van der Waals surface area contributed by atoms with Crippen molar-refractivity contribution in [1.29, 1.82) is 0 Å². The van der Waals surface area contributed by atoms with E-state index < -0.39 is 11.7 Å². The van der Waals surface area contributed by atoms with Gasteiger partial charge in [-0.3, -0.25) is 9.59 Å². The molecule has 1 aromatic rings. The summed E-state index contributed by atoms with van der Waals surface area (Å²) in [5, 5.41) is 13.9. The van der Waals surface area contributed by atoms with Gasteiger partial charge in [0.05, 0.1) is 5.56 Å². The van der Waals surface area contributed by atoms with Gasteiger partial charge in [-0.1, -0.05) is 11.8 Å². The van der Waals surface area contributed by atoms with Crippen LogP contribution < -0.4 is 10.6 Å². The van der Waals surface area contributed by atoms with Gasteiger partial charge in [-0.15, -0.1) is 0 Å². The molecular formula is C15H15FN2O3. The van der Waals surface area contributed by atoms with Crippen LogP contribution in [0.1, 0.15) is 28.8 Å². The van der Waals surface area contributed by atoms with Gasteiger partial charge >= 0.3 is 0 Å². The third-order valence-corrected chi connectivity index (χ3v) is 3.13. The zero-order chi connectivity index (χ0) is 15.2. The number of nitrogens with one attached hydrogen (secondary N) is 2. The first-order chi connectivity index (χ1) is 10.1. The molecule has 6 heteroatoms. The van der Waals surface area contributed by atoms with Crippen molar-refractivity contribution >= 4 is 11.8 Å². The maximum Gasteiger partial charge on any atom is 0.254 e. The number of aliphatic hydroxyl groups is 1. The minimum atomic E-state index is -0.669. The van der Waals surface area contributed by atoms with Crippen LogP contribution >= 0.6 is 0 Å². The number of hydrogen-bond acceptors (Lipinski definition) is 3. The van der Waals surface area contributed by atoms with E-state index in [4.69, 9.17) is 5.11 Å². The highest BCUT2D eigenvalue weighted by atomic mass is 19.1. The molecule has 1 saturated heterocycles. The van der Waals surface area contributed by atoms with Gasteiger partial charge in [-0.2, -0.15) is 0 Å². The van der Waals surface area contributed by atoms with Crippen molar-refractivity contribution in [3.05, 3.63) is 35.1 Å². The molecule has 1 atom stereocenters. The fourth-order valence-electron chi connectivity index (χ4n) is 2.04. The Morgan fingerprint density at radius 3 is 2.95 bits per heavy atom. The van der Waals surface area contributed by atoms with Gasteiger partial charge < -0.3 is 15.7 Å². The van der Waals surface area contributed by atoms with Crippen LogP contribution in [0.25, 0.3) is 0 Å². The first-order valence-electron chi connectivity index (χ1n) is 6.57. The lowest BCUT2D eigenvalue weighted by molar-refractivity contribution is -0.122. The third-order valence-electron chi connectivity index (χ3n) is 3.13. The Morgan fingerprint density at radius 2 is 2.33 bits per heavy atom. The first-order valence-corrected chi connectivity index (χ1v) is 6.57. The second kappa shape index (κ2) is 6.86. The lowest BCUT2D eigenvalue weighted by atomic mass is 10.1. The standard InChI is InChI=1S/C15H15FN2O3/c16-13-8-10(2-1-7-19)3-5-12(13)15(21)18-11-4-6-14(20)17-9-11/h3,5,8,11,19H,4,6-7,9H2,(H,17,20)(H,18,21). The zero-order valence-electron chi connectivity index (χ0n) is 11.3. The van der Waals surface area contributed by atoms with Gasteiger partial charge in [-0.25, -0.2) is 4.39 Å². The molecule has 0 spiro atoms. The van der Waals surface area contributed by atoms with E-state index >= 15 is 0 Å². The first kappa shape index (κ1) is 15.0. The highest BCUT2D eigenvalue weighted by Crippen LogP contribution is 2.11. The van der Waals surface area contributed by atoms with Crippen LogP contribution in [0, 0.1) is 17.7 Å². The van der Waals surface area contributed by atoms with Gasteiger partial charge in [0.2, 0.25) is 5.91 Å². The number of rotatable bonds is 2. The van der Waals surface area contributed by atoms with Gasteiger partial charge in [0.1, 0.15) is 12.4 Å². The van der Waals surface area contributed by atoms with Crippen molar-refractivity contribution in [3.8, 4) is 11.8 Å². The highest BCUT2D eigenvalue weighted by Gasteiger charge is 2.21. The fourth-order valence-corrected chi connectivity index (χ4v) is 2.04. The van der Waals surface area contributed by atoms with E-state index in [-0.39, 0.29) is 24.1 Å². The molecule has 5 nitrogen and oxygen atoms in total. The molecule has 1 heterocycles. The minimum Gasteiger partial charge on any atom is -0.384 e. The molecule has 21 heavy (non-hydrogen) atoms. The molecule has 1 unspecified atom stereocenters. The normalized spacial score (nSPS) is 17.4. The van der Waals surface area contributed by atoms with E-state index in [0.717, 1.165) is 6.07 Å². The van der Waals surface area contributed by atoms with Gasteiger partial charge in [0, 0.05) is 24.6 Å². The molecule has 1 fully saturated rings. The smallest absolute Gasteiger partial charge is 0.254 e. The number of hydrogen-bond donors (Lipinski definition) is 3. The molecule has 2 amide bonds. The topological polar surface area (TPSA) is 78.4 Å². The average Bonchev–Trinajstić information content (AvgIpc) is 2.47. The Bertz CT molecular complexity index is 609. The lowest BCUT2D eigenvalue weighted by Crippen LogP contribution is -2.47. The van der Waals surface area contributed by atoms with E-state index in [1.807, 2.05) is 0 Å². The van der Waals surface area contributed by atoms with Crippen LogP contribution in [0.15, 0.2) is 18.2 Å². The van der Waals surface area contributed by atoms with E-state index in [1.165, 1.54) is 12.1 Å². The Hall–Kier alpha value is -2.39. The molecule has 0 radical (unpaired) electrons. The van der Waals surface area contributed by atoms with E-state index in [0.29, 0.717) is 24.9 Å². The highest BCUT2D eigenvalue weighted by molar-refractivity contribution is 5.95. The van der Waals surface area contributed by atoms with Crippen LogP contribution in [-0.2, 0) is 4.79 Å². The summed E-state index contributed by atoms with van der Waals surface area (Å²) in [5.41, 5.74) is 0.324. The summed E-state index contributed by atoms with van der Waals surface area (Å²) in [6.07, 6.45) is 0.891. The van der Waals surface area contributed by atoms with Crippen LogP contribution in [0.2, 0.25) is 0 Å². The number of carbonyl (C=O) groups excluding carboxylic acids is 2. The summed E-state index contributed by atoms with van der Waals surface area (Å²) in [4.78, 5) is 23.0. The number of amides is 2. The van der Waals surface area contributed by atoms with E-state index in [9.17, 15) is 14.0 Å². The Labute approximate surface area is 121 Å². The molecule has 3 N–H and O–H groups in total. The molecule has 0 aromatic heterocycles. The van der Waals surface area contributed by atoms with Crippen molar-refractivity contribution in [2.75, 3.05) is 13.2 Å². The Morgan fingerprint density at radius 1 is 1.52 bits per heavy atom. The molecule has 1 aliphatic heterocycles. The summed E-state index contributed by atoms with van der Waals surface area (Å²) in [6, 6.07) is 3.83. The van der Waals surface area contributed by atoms with Crippen molar-refractivity contribution in [1.82, 2.24) is 10.6 Å². The summed E-state index contributed by atoms with van der Waals surface area (Å²) < 4.78 is 13.9. The summed E-state index contributed by atoms with van der Waals surface area (Å²) in [5.74, 6) is 3.75.